The molecule has 0 aliphatic carbocycles. The van der Waals surface area contributed by atoms with Gasteiger partial charge < -0.3 is 24.0 Å². The molecule has 0 aliphatic heterocycles. The summed E-state index contributed by atoms with van der Waals surface area (Å²) in [4.78, 5) is 47.2. The zero-order chi connectivity index (χ0) is 17.9. The van der Waals surface area contributed by atoms with Crippen molar-refractivity contribution >= 4 is 28.9 Å². The monoisotopic (exact) mass is 338 g/mol. The molecule has 0 fully saturated rings. The summed E-state index contributed by atoms with van der Waals surface area (Å²) < 4.78 is 0. The molecule has 0 rings (SSSR count). The van der Waals surface area contributed by atoms with Crippen LogP contribution in [0, 0.1) is 0 Å². The Labute approximate surface area is 144 Å². The fourth-order valence-electron chi connectivity index (χ4n) is 0. The van der Waals surface area contributed by atoms with Crippen molar-refractivity contribution in [3.05, 3.63) is 0 Å². The molecule has 124 valence electrons. The molecule has 0 atom stereocenters. The predicted octanol–water partition coefficient (Wildman–Crippen LogP) is 2.97. The van der Waals surface area contributed by atoms with Gasteiger partial charge in [-0.1, -0.05) is 0 Å². The third-order valence-electron chi connectivity index (χ3n) is 0. The van der Waals surface area contributed by atoms with Gasteiger partial charge in [0.05, 0.1) is 0 Å². The zero-order valence-electron chi connectivity index (χ0n) is 15.0. The summed E-state index contributed by atoms with van der Waals surface area (Å²) >= 11 is 0. The van der Waals surface area contributed by atoms with E-state index in [4.69, 9.17) is 0 Å². The van der Waals surface area contributed by atoms with E-state index < -0.39 is 0 Å². The Morgan fingerprint density at radius 2 is 0.333 bits per heavy atom. The van der Waals surface area contributed by atoms with E-state index >= 15 is 0 Å². The minimum absolute atomic E-state index is 0. The first-order valence-electron chi connectivity index (χ1n) is 6.02. The third kappa shape index (κ3) is 6340. The van der Waals surface area contributed by atoms with Gasteiger partial charge in [0.1, 0.15) is 28.9 Å². The van der Waals surface area contributed by atoms with Crippen molar-refractivity contribution in [1.29, 1.82) is 0 Å². The molecule has 0 N–H and O–H groups in total. The minimum Gasteiger partial charge on any atom is -0.300 e. The van der Waals surface area contributed by atoms with E-state index in [1.165, 1.54) is 69.2 Å². The predicted molar refractivity (Wildman–Crippen MR) is 81.8 cm³/mol. The Balaban J connectivity index is -0.0000000331. The number of carbonyl (C=O) groups excluding carboxylic acids is 5. The van der Waals surface area contributed by atoms with Crippen LogP contribution in [0.1, 0.15) is 69.2 Å². The van der Waals surface area contributed by atoms with E-state index in [0.717, 1.165) is 0 Å². The molecule has 0 radical (unpaired) electrons. The van der Waals surface area contributed by atoms with Crippen LogP contribution < -0.4 is 0 Å². The van der Waals surface area contributed by atoms with Gasteiger partial charge >= 0.3 is 0 Å². The molecular formula is C15H30O5Ti. The number of hydrogen-bond donors (Lipinski definition) is 0. The van der Waals surface area contributed by atoms with Gasteiger partial charge in [-0.15, -0.1) is 0 Å². The van der Waals surface area contributed by atoms with Crippen LogP contribution in [0.2, 0.25) is 0 Å². The number of rotatable bonds is 0. The summed E-state index contributed by atoms with van der Waals surface area (Å²) in [5.74, 6) is 0.833. The van der Waals surface area contributed by atoms with Crippen molar-refractivity contribution in [1.82, 2.24) is 0 Å². The number of ketones is 5. The summed E-state index contributed by atoms with van der Waals surface area (Å²) in [6, 6.07) is 0. The maximum absolute atomic E-state index is 9.44. The minimum atomic E-state index is 0. The summed E-state index contributed by atoms with van der Waals surface area (Å²) in [7, 11) is 0. The molecular weight excluding hydrogens is 308 g/mol. The van der Waals surface area contributed by atoms with E-state index in [1.54, 1.807) is 0 Å². The average molecular weight is 338 g/mol. The van der Waals surface area contributed by atoms with Crippen LogP contribution >= 0.6 is 0 Å². The van der Waals surface area contributed by atoms with Gasteiger partial charge in [-0.3, -0.25) is 0 Å². The molecule has 0 aliphatic rings. The van der Waals surface area contributed by atoms with Gasteiger partial charge in [0, 0.05) is 21.7 Å². The van der Waals surface area contributed by atoms with E-state index in [9.17, 15) is 24.0 Å². The summed E-state index contributed by atoms with van der Waals surface area (Å²) in [6.07, 6.45) is 0. The average Bonchev–Trinajstić information content (AvgIpc) is 1.94. The second-order valence-corrected chi connectivity index (χ2v) is 4.54. The first-order chi connectivity index (χ1) is 8.66. The van der Waals surface area contributed by atoms with E-state index in [-0.39, 0.29) is 50.6 Å². The fraction of sp³-hybridized carbons (Fsp3) is 0.667. The molecule has 0 saturated carbocycles. The first-order valence-corrected chi connectivity index (χ1v) is 6.02. The van der Waals surface area contributed by atoms with Crippen molar-refractivity contribution < 1.29 is 45.7 Å². The maximum atomic E-state index is 9.44. The van der Waals surface area contributed by atoms with Crippen LogP contribution in [0.15, 0.2) is 0 Å². The van der Waals surface area contributed by atoms with Crippen LogP contribution in [-0.4, -0.2) is 28.9 Å². The molecule has 0 amide bonds. The topological polar surface area (TPSA) is 85.3 Å². The largest absolute Gasteiger partial charge is 0.300 e. The Hall–Kier alpha value is -0.936. The molecule has 21 heavy (non-hydrogen) atoms. The van der Waals surface area contributed by atoms with E-state index in [2.05, 4.69) is 0 Å². The Bertz CT molecular complexity index is 207. The molecule has 0 aromatic carbocycles. The third-order valence-corrected chi connectivity index (χ3v) is 0. The number of Topliss-reactive ketones (excluding diaryl/α,β-unsaturated/α-hetero) is 5. The molecule has 0 heterocycles. The summed E-state index contributed by atoms with van der Waals surface area (Å²) in [5.41, 5.74) is 0. The second-order valence-electron chi connectivity index (χ2n) is 4.54. The molecule has 0 aromatic rings. The summed E-state index contributed by atoms with van der Waals surface area (Å²) in [5, 5.41) is 0. The van der Waals surface area contributed by atoms with Gasteiger partial charge in [-0.25, -0.2) is 0 Å². The van der Waals surface area contributed by atoms with Gasteiger partial charge in [-0.05, 0) is 69.2 Å². The molecule has 0 spiro atoms. The smallest absolute Gasteiger partial charge is 0.126 e. The van der Waals surface area contributed by atoms with Crippen molar-refractivity contribution in [2.24, 2.45) is 0 Å². The molecule has 0 unspecified atom stereocenters. The van der Waals surface area contributed by atoms with E-state index in [1.807, 2.05) is 0 Å². The molecule has 6 heteroatoms. The van der Waals surface area contributed by atoms with Crippen molar-refractivity contribution in [2.75, 3.05) is 0 Å². The van der Waals surface area contributed by atoms with Gasteiger partial charge in [-0.2, -0.15) is 0 Å². The molecule has 0 aromatic heterocycles. The zero-order valence-corrected chi connectivity index (χ0v) is 16.6. The summed E-state index contributed by atoms with van der Waals surface area (Å²) in [6.45, 7) is 15.3. The fourth-order valence-corrected chi connectivity index (χ4v) is 0. The SMILES string of the molecule is CC(C)=O.CC(C)=O.CC(C)=O.CC(C)=O.CC(C)=O.[Ti]. The second kappa shape index (κ2) is 31.5. The van der Waals surface area contributed by atoms with Gasteiger partial charge in [0.15, 0.2) is 0 Å². The van der Waals surface area contributed by atoms with Crippen molar-refractivity contribution in [3.63, 3.8) is 0 Å². The molecule has 5 nitrogen and oxygen atoms in total. The van der Waals surface area contributed by atoms with Crippen LogP contribution in [-0.2, 0) is 45.7 Å². The van der Waals surface area contributed by atoms with Gasteiger partial charge in [0.2, 0.25) is 0 Å². The van der Waals surface area contributed by atoms with Crippen LogP contribution in [0.25, 0.3) is 0 Å². The van der Waals surface area contributed by atoms with Crippen LogP contribution in [0.4, 0.5) is 0 Å². The normalized spacial score (nSPS) is 6.19. The van der Waals surface area contributed by atoms with Crippen molar-refractivity contribution in [2.45, 2.75) is 69.2 Å². The molecule has 0 saturated heterocycles. The Morgan fingerprint density at radius 1 is 0.333 bits per heavy atom. The van der Waals surface area contributed by atoms with Crippen LogP contribution in [0.3, 0.4) is 0 Å². The quantitative estimate of drug-likeness (QED) is 0.634. The van der Waals surface area contributed by atoms with Crippen LogP contribution in [0.5, 0.6) is 0 Å². The maximum Gasteiger partial charge on any atom is 0.126 e. The number of carbonyl (C=O) groups is 5. The van der Waals surface area contributed by atoms with Gasteiger partial charge in [0.25, 0.3) is 0 Å². The first kappa shape index (κ1) is 36.9. The van der Waals surface area contributed by atoms with E-state index in [0.29, 0.717) is 0 Å². The Morgan fingerprint density at radius 3 is 0.333 bits per heavy atom. The standard InChI is InChI=1S/5C3H6O.Ti/c5*1-3(2)4;/h5*1-2H3;. The number of hydrogen-bond acceptors (Lipinski definition) is 5. The van der Waals surface area contributed by atoms with Crippen molar-refractivity contribution in [3.8, 4) is 0 Å². The Kier molecular flexibility index (Phi) is 55.2. The molecule has 0 bridgehead atoms.